The molecule has 0 atom stereocenters. The fourth-order valence-electron chi connectivity index (χ4n) is 3.05. The molecule has 2 heterocycles. The van der Waals surface area contributed by atoms with Crippen molar-refractivity contribution < 1.29 is 19.4 Å². The zero-order valence-corrected chi connectivity index (χ0v) is 11.2. The van der Waals surface area contributed by atoms with Crippen molar-refractivity contribution in [1.29, 1.82) is 0 Å². The second kappa shape index (κ2) is 4.12. The van der Waals surface area contributed by atoms with Crippen LogP contribution >= 0.6 is 0 Å². The molecule has 1 amide bonds. The van der Waals surface area contributed by atoms with Gasteiger partial charge in [-0.15, -0.1) is 0 Å². The van der Waals surface area contributed by atoms with Gasteiger partial charge < -0.3 is 19.5 Å². The van der Waals surface area contributed by atoms with Crippen molar-refractivity contribution in [1.82, 2.24) is 4.90 Å². The first-order valence-corrected chi connectivity index (χ1v) is 7.08. The lowest BCUT2D eigenvalue weighted by Crippen LogP contribution is -2.64. The van der Waals surface area contributed by atoms with Crippen LogP contribution in [0.2, 0.25) is 0 Å². The lowest BCUT2D eigenvalue weighted by molar-refractivity contribution is -0.0959. The standard InChI is InChI=1S/C15H17NO4/c17-14(16-8-15(18,9-16)10-4-5-10)11-2-1-3-12-13(11)20-7-6-19-12/h1-3,10,18H,4-9H2. The van der Waals surface area contributed by atoms with Crippen LogP contribution in [0.15, 0.2) is 18.2 Å². The minimum atomic E-state index is -0.651. The molecule has 1 N–H and O–H groups in total. The van der Waals surface area contributed by atoms with E-state index in [-0.39, 0.29) is 5.91 Å². The first-order valence-electron chi connectivity index (χ1n) is 7.08. The predicted molar refractivity (Wildman–Crippen MR) is 71.0 cm³/mol. The summed E-state index contributed by atoms with van der Waals surface area (Å²) in [6.07, 6.45) is 2.16. The highest BCUT2D eigenvalue weighted by atomic mass is 16.6. The normalized spacial score (nSPS) is 23.1. The molecule has 0 bridgehead atoms. The van der Waals surface area contributed by atoms with Crippen LogP contribution in [0, 0.1) is 5.92 Å². The largest absolute Gasteiger partial charge is 0.486 e. The molecule has 1 saturated carbocycles. The van der Waals surface area contributed by atoms with Crippen molar-refractivity contribution in [2.45, 2.75) is 18.4 Å². The summed E-state index contributed by atoms with van der Waals surface area (Å²) in [4.78, 5) is 14.2. The molecule has 2 fully saturated rings. The SMILES string of the molecule is O=C(c1cccc2c1OCCO2)N1CC(O)(C2CC2)C1. The Balaban J connectivity index is 1.55. The first-order chi connectivity index (χ1) is 9.67. The Morgan fingerprint density at radius 2 is 2.00 bits per heavy atom. The van der Waals surface area contributed by atoms with Crippen molar-refractivity contribution >= 4 is 5.91 Å². The summed E-state index contributed by atoms with van der Waals surface area (Å²) >= 11 is 0. The monoisotopic (exact) mass is 275 g/mol. The molecule has 3 aliphatic rings. The Kier molecular flexibility index (Phi) is 2.48. The van der Waals surface area contributed by atoms with E-state index in [9.17, 15) is 9.90 Å². The van der Waals surface area contributed by atoms with Crippen LogP contribution in [0.1, 0.15) is 23.2 Å². The van der Waals surface area contributed by atoms with Gasteiger partial charge in [0, 0.05) is 0 Å². The van der Waals surface area contributed by atoms with Gasteiger partial charge in [-0.2, -0.15) is 0 Å². The molecule has 0 unspecified atom stereocenters. The number of hydrogen-bond donors (Lipinski definition) is 1. The highest BCUT2D eigenvalue weighted by Gasteiger charge is 2.53. The predicted octanol–water partition coefficient (Wildman–Crippen LogP) is 1.05. The summed E-state index contributed by atoms with van der Waals surface area (Å²) in [5.41, 5.74) is -0.123. The summed E-state index contributed by atoms with van der Waals surface area (Å²) in [7, 11) is 0. The smallest absolute Gasteiger partial charge is 0.257 e. The number of amides is 1. The van der Waals surface area contributed by atoms with Crippen LogP contribution in [-0.4, -0.2) is 47.8 Å². The lowest BCUT2D eigenvalue weighted by Gasteiger charge is -2.47. The molecule has 0 radical (unpaired) electrons. The molecular formula is C15H17NO4. The molecule has 5 nitrogen and oxygen atoms in total. The van der Waals surface area contributed by atoms with E-state index < -0.39 is 5.60 Å². The molecule has 0 aromatic heterocycles. The van der Waals surface area contributed by atoms with Gasteiger partial charge in [-0.3, -0.25) is 4.79 Å². The maximum absolute atomic E-state index is 12.5. The van der Waals surface area contributed by atoms with Gasteiger partial charge in [-0.1, -0.05) is 6.07 Å². The Hall–Kier alpha value is -1.75. The third-order valence-electron chi connectivity index (χ3n) is 4.35. The molecule has 106 valence electrons. The minimum Gasteiger partial charge on any atom is -0.486 e. The number of carbonyl (C=O) groups is 1. The number of nitrogens with zero attached hydrogens (tertiary/aromatic N) is 1. The fraction of sp³-hybridized carbons (Fsp3) is 0.533. The van der Waals surface area contributed by atoms with Crippen LogP contribution in [0.4, 0.5) is 0 Å². The number of rotatable bonds is 2. The summed E-state index contributed by atoms with van der Waals surface area (Å²) in [6.45, 7) is 1.83. The topological polar surface area (TPSA) is 59.0 Å². The second-order valence-corrected chi connectivity index (χ2v) is 5.87. The summed E-state index contributed by atoms with van der Waals surface area (Å²) in [6, 6.07) is 5.36. The number of benzene rings is 1. The number of β-amino-alcohol motifs (C(OH)–C–C–N with tert-alkyl or cyclic N) is 1. The lowest BCUT2D eigenvalue weighted by atomic mass is 9.88. The quantitative estimate of drug-likeness (QED) is 0.876. The zero-order valence-electron chi connectivity index (χ0n) is 11.2. The minimum absolute atomic E-state index is 0.0855. The molecule has 2 aliphatic heterocycles. The van der Waals surface area contributed by atoms with E-state index >= 15 is 0 Å². The molecule has 5 heteroatoms. The van der Waals surface area contributed by atoms with Crippen molar-refractivity contribution in [3.05, 3.63) is 23.8 Å². The van der Waals surface area contributed by atoms with Gasteiger partial charge >= 0.3 is 0 Å². The van der Waals surface area contributed by atoms with Crippen LogP contribution in [-0.2, 0) is 0 Å². The summed E-state index contributed by atoms with van der Waals surface area (Å²) in [5.74, 6) is 1.46. The maximum Gasteiger partial charge on any atom is 0.257 e. The van der Waals surface area contributed by atoms with Gasteiger partial charge in [0.15, 0.2) is 11.5 Å². The number of carbonyl (C=O) groups excluding carboxylic acids is 1. The van der Waals surface area contributed by atoms with Gasteiger partial charge in [0.1, 0.15) is 18.8 Å². The molecule has 4 rings (SSSR count). The number of hydrogen-bond acceptors (Lipinski definition) is 4. The van der Waals surface area contributed by atoms with Crippen LogP contribution < -0.4 is 9.47 Å². The van der Waals surface area contributed by atoms with Crippen LogP contribution in [0.5, 0.6) is 11.5 Å². The third-order valence-corrected chi connectivity index (χ3v) is 4.35. The van der Waals surface area contributed by atoms with Gasteiger partial charge in [-0.05, 0) is 30.9 Å². The number of aliphatic hydroxyl groups is 1. The Labute approximate surface area is 117 Å². The number of ether oxygens (including phenoxy) is 2. The molecule has 1 aromatic rings. The molecule has 1 aromatic carbocycles. The van der Waals surface area contributed by atoms with E-state index in [1.54, 1.807) is 17.0 Å². The number of fused-ring (bicyclic) bond motifs is 1. The average molecular weight is 275 g/mol. The molecule has 0 spiro atoms. The van der Waals surface area contributed by atoms with Crippen molar-refractivity contribution in [2.75, 3.05) is 26.3 Å². The van der Waals surface area contributed by atoms with E-state index in [1.165, 1.54) is 0 Å². The molecular weight excluding hydrogens is 258 g/mol. The van der Waals surface area contributed by atoms with Gasteiger partial charge in [-0.25, -0.2) is 0 Å². The van der Waals surface area contributed by atoms with Crippen molar-refractivity contribution in [3.8, 4) is 11.5 Å². The highest BCUT2D eigenvalue weighted by Crippen LogP contribution is 2.45. The van der Waals surface area contributed by atoms with Gasteiger partial charge in [0.2, 0.25) is 0 Å². The number of para-hydroxylation sites is 1. The fourth-order valence-corrected chi connectivity index (χ4v) is 3.05. The van der Waals surface area contributed by atoms with Crippen LogP contribution in [0.25, 0.3) is 0 Å². The van der Waals surface area contributed by atoms with Crippen molar-refractivity contribution in [2.24, 2.45) is 5.92 Å². The third kappa shape index (κ3) is 1.77. The Morgan fingerprint density at radius 3 is 2.75 bits per heavy atom. The zero-order chi connectivity index (χ0) is 13.7. The maximum atomic E-state index is 12.5. The average Bonchev–Trinajstić information content (AvgIpc) is 3.27. The summed E-state index contributed by atoms with van der Waals surface area (Å²) < 4.78 is 11.1. The molecule has 1 saturated heterocycles. The molecule has 1 aliphatic carbocycles. The first kappa shape index (κ1) is 12.0. The molecule has 20 heavy (non-hydrogen) atoms. The Bertz CT molecular complexity index is 561. The van der Waals surface area contributed by atoms with E-state index in [0.29, 0.717) is 49.3 Å². The number of likely N-dealkylation sites (tertiary alicyclic amines) is 1. The van der Waals surface area contributed by atoms with Gasteiger partial charge in [0.05, 0.1) is 18.7 Å². The highest BCUT2D eigenvalue weighted by molar-refractivity contribution is 5.98. The van der Waals surface area contributed by atoms with E-state index in [1.807, 2.05) is 6.07 Å². The van der Waals surface area contributed by atoms with E-state index in [2.05, 4.69) is 0 Å². The van der Waals surface area contributed by atoms with E-state index in [4.69, 9.17) is 9.47 Å². The summed E-state index contributed by atoms with van der Waals surface area (Å²) in [5, 5.41) is 10.3. The van der Waals surface area contributed by atoms with Crippen molar-refractivity contribution in [3.63, 3.8) is 0 Å². The van der Waals surface area contributed by atoms with Crippen LogP contribution in [0.3, 0.4) is 0 Å². The van der Waals surface area contributed by atoms with Gasteiger partial charge in [0.25, 0.3) is 5.91 Å². The second-order valence-electron chi connectivity index (χ2n) is 5.87. The Morgan fingerprint density at radius 1 is 1.25 bits per heavy atom. The van der Waals surface area contributed by atoms with E-state index in [0.717, 1.165) is 12.8 Å².